The molecule has 118 valence electrons. The van der Waals surface area contributed by atoms with Crippen LogP contribution in [0.2, 0.25) is 8.35 Å². The smallest absolute Gasteiger partial charge is 0.147 e. The summed E-state index contributed by atoms with van der Waals surface area (Å²) in [4.78, 5) is 23.4. The number of hydrogen-bond donors (Lipinski definition) is 2. The van der Waals surface area contributed by atoms with Crippen LogP contribution in [-0.2, 0) is 9.59 Å². The van der Waals surface area contributed by atoms with Crippen LogP contribution in [-0.4, -0.2) is 57.9 Å². The third-order valence-corrected chi connectivity index (χ3v) is 25.6. The minimum Gasteiger partial charge on any atom is -0.147 e. The zero-order valence-corrected chi connectivity index (χ0v) is 20.6. The van der Waals surface area contributed by atoms with Gasteiger partial charge in [-0.3, -0.25) is 0 Å². The molecule has 2 unspecified atom stereocenters. The first kappa shape index (κ1) is 18.9. The first-order valence-electron chi connectivity index (χ1n) is 7.94. The van der Waals surface area contributed by atoms with E-state index < -0.39 is 54.3 Å². The Bertz CT molecular complexity index is 586. The van der Waals surface area contributed by atoms with Gasteiger partial charge >= 0.3 is 142 Å². The number of primary amides is 1. The van der Waals surface area contributed by atoms with Crippen molar-refractivity contribution in [2.24, 2.45) is 17.4 Å². The quantitative estimate of drug-likeness (QED) is 0.566. The molecule has 3 aliphatic heterocycles. The normalized spacial score (nSPS) is 23.8. The summed E-state index contributed by atoms with van der Waals surface area (Å²) < 4.78 is 8.76. The van der Waals surface area contributed by atoms with Crippen molar-refractivity contribution >= 4 is 64.7 Å². The molecule has 0 aliphatic carbocycles. The second-order valence-corrected chi connectivity index (χ2v) is 22.9. The second-order valence-electron chi connectivity index (χ2n) is 6.89. The molecule has 3 aliphatic rings. The van der Waals surface area contributed by atoms with Gasteiger partial charge in [0, 0.05) is 0 Å². The molecule has 4 N–H and O–H groups in total. The molecule has 22 heavy (non-hydrogen) atoms. The van der Waals surface area contributed by atoms with Crippen LogP contribution >= 0.6 is 12.4 Å². The molecule has 0 aromatic heterocycles. The third kappa shape index (κ3) is 3.09. The Kier molecular flexibility index (Phi) is 5.90. The van der Waals surface area contributed by atoms with Gasteiger partial charge in [-0.1, -0.05) is 0 Å². The largest absolute Gasteiger partial charge is 0.147 e. The van der Waals surface area contributed by atoms with Gasteiger partial charge in [0.2, 0.25) is 0 Å². The van der Waals surface area contributed by atoms with Gasteiger partial charge in [-0.15, -0.1) is 12.4 Å². The Labute approximate surface area is 153 Å². The van der Waals surface area contributed by atoms with E-state index in [-0.39, 0.29) is 18.3 Å². The Morgan fingerprint density at radius 1 is 1.41 bits per heavy atom. The predicted molar refractivity (Wildman–Crippen MR) is 93.3 cm³/mol. The van der Waals surface area contributed by atoms with Crippen molar-refractivity contribution in [3.8, 4) is 0 Å². The molecule has 3 rings (SSSR count). The van der Waals surface area contributed by atoms with E-state index in [1.54, 1.807) is 10.3 Å². The maximum Gasteiger partial charge on any atom is -0.147 e. The molecule has 1 amide bonds. The van der Waals surface area contributed by atoms with Crippen LogP contribution in [0.5, 0.6) is 0 Å². The Hall–Kier alpha value is 0.610. The summed E-state index contributed by atoms with van der Waals surface area (Å²) in [5, 5.41) is 0. The average molecular weight is 528 g/mol. The summed E-state index contributed by atoms with van der Waals surface area (Å²) in [5.74, 6) is -0.344. The van der Waals surface area contributed by atoms with Crippen molar-refractivity contribution in [3.05, 3.63) is 16.1 Å². The summed E-state index contributed by atoms with van der Waals surface area (Å²) in [6.07, 6.45) is 3.18. The van der Waals surface area contributed by atoms with E-state index in [9.17, 15) is 9.59 Å². The number of allylic oxidation sites excluding steroid dienone is 2. The van der Waals surface area contributed by atoms with Crippen molar-refractivity contribution in [2.75, 3.05) is 0 Å². The predicted octanol–water partition coefficient (Wildman–Crippen LogP) is 1.40. The summed E-state index contributed by atoms with van der Waals surface area (Å²) in [6.45, 7) is 3.85. The van der Waals surface area contributed by atoms with Crippen molar-refractivity contribution in [3.63, 3.8) is 0 Å². The summed E-state index contributed by atoms with van der Waals surface area (Å²) in [6, 6.07) is 0. The zero-order chi connectivity index (χ0) is 15.4. The molecule has 7 heteroatoms. The van der Waals surface area contributed by atoms with E-state index in [4.69, 9.17) is 11.5 Å². The minimum absolute atomic E-state index is 0. The number of carbonyl (C=O) groups excluding carboxylic acids is 2. The van der Waals surface area contributed by atoms with Crippen LogP contribution in [0.1, 0.15) is 33.1 Å². The van der Waals surface area contributed by atoms with Crippen LogP contribution in [0.25, 0.3) is 0 Å². The fourth-order valence-corrected chi connectivity index (χ4v) is 35.0. The van der Waals surface area contributed by atoms with Crippen molar-refractivity contribution < 1.29 is 9.59 Å². The standard InChI is InChI=1S/C10H18N2O.C5H4O.ClH.2In/c1-5-7(3)8(6-2)10(4,12)9(11)13;1-2-3-4-5-6;;;/h3,8H,1,5-6,12H2,2,4H3,(H2,11,13);1-2H2;1H;;. The van der Waals surface area contributed by atoms with Gasteiger partial charge in [-0.2, -0.15) is 0 Å². The fourth-order valence-electron chi connectivity index (χ4n) is 4.28. The number of halogens is 1. The SMILES string of the molecule is CCC(C1=[CH][In]([C]2=[C]3[C](=O)[In]3[CH2]C2)[CH2]C1)C(C)(N)C(N)=O.Cl. The molecule has 4 nitrogen and oxygen atoms in total. The number of carbonyl (C=O) groups is 2. The van der Waals surface area contributed by atoms with Crippen LogP contribution in [0.15, 0.2) is 16.1 Å². The molecule has 0 bridgehead atoms. The third-order valence-electron chi connectivity index (χ3n) is 5.61. The molecule has 0 spiro atoms. The van der Waals surface area contributed by atoms with Crippen LogP contribution < -0.4 is 11.5 Å². The molecule has 1 fully saturated rings. The summed E-state index contributed by atoms with van der Waals surface area (Å²) >= 11 is -3.56. The van der Waals surface area contributed by atoms with Gasteiger partial charge in [-0.05, 0) is 0 Å². The van der Waals surface area contributed by atoms with Crippen LogP contribution in [0.4, 0.5) is 0 Å². The van der Waals surface area contributed by atoms with Gasteiger partial charge in [0.15, 0.2) is 0 Å². The van der Waals surface area contributed by atoms with Crippen molar-refractivity contribution in [1.29, 1.82) is 0 Å². The Morgan fingerprint density at radius 3 is 2.59 bits per heavy atom. The van der Waals surface area contributed by atoms with Gasteiger partial charge in [-0.25, -0.2) is 0 Å². The van der Waals surface area contributed by atoms with Crippen LogP contribution in [0, 0.1) is 5.92 Å². The molecule has 0 aromatic carbocycles. The molecule has 2 atom stereocenters. The maximum absolute atomic E-state index is 11.8. The van der Waals surface area contributed by atoms with Gasteiger partial charge in [0.05, 0.1) is 0 Å². The number of nitrogens with two attached hydrogens (primary N) is 2. The monoisotopic (exact) mass is 528 g/mol. The molecule has 0 aromatic rings. The Balaban J connectivity index is 0.00000176. The van der Waals surface area contributed by atoms with E-state index >= 15 is 0 Å². The molecule has 1 saturated heterocycles. The van der Waals surface area contributed by atoms with Gasteiger partial charge in [0.25, 0.3) is 0 Å². The molecule has 0 radical (unpaired) electrons. The molecular formula is C15H23ClIn2N2O2. The fraction of sp³-hybridized carbons (Fsp3) is 0.600. The molecule has 0 saturated carbocycles. The van der Waals surface area contributed by atoms with E-state index in [2.05, 4.69) is 10.8 Å². The van der Waals surface area contributed by atoms with E-state index in [1.165, 1.54) is 23.7 Å². The molecule has 3 heterocycles. The van der Waals surface area contributed by atoms with Gasteiger partial charge in [0.1, 0.15) is 0 Å². The average Bonchev–Trinajstić information content (AvgIpc) is 2.86. The first-order chi connectivity index (χ1) is 9.87. The van der Waals surface area contributed by atoms with Crippen molar-refractivity contribution in [2.45, 2.75) is 47.0 Å². The number of rotatable bonds is 5. The van der Waals surface area contributed by atoms with E-state index in [1.807, 2.05) is 0 Å². The van der Waals surface area contributed by atoms with Crippen molar-refractivity contribution in [1.82, 2.24) is 0 Å². The topological polar surface area (TPSA) is 86.2 Å². The van der Waals surface area contributed by atoms with Crippen LogP contribution in [0.3, 0.4) is 0 Å². The Morgan fingerprint density at radius 2 is 2.09 bits per heavy atom. The number of amides is 1. The maximum atomic E-state index is 11.8. The minimum atomic E-state index is -1.85. The first-order valence-corrected chi connectivity index (χ1v) is 19.4. The second kappa shape index (κ2) is 6.85. The summed E-state index contributed by atoms with van der Waals surface area (Å²) in [7, 11) is 0. The van der Waals surface area contributed by atoms with E-state index in [0.717, 1.165) is 12.8 Å². The number of hydrogen-bond acceptors (Lipinski definition) is 3. The van der Waals surface area contributed by atoms with Gasteiger partial charge < -0.3 is 0 Å². The van der Waals surface area contributed by atoms with E-state index in [0.29, 0.717) is 3.54 Å². The zero-order valence-electron chi connectivity index (χ0n) is 13.2. The molecular weight excluding hydrogens is 505 g/mol. The number of fused-ring (bicyclic) bond motifs is 1. The summed E-state index contributed by atoms with van der Waals surface area (Å²) in [5.41, 5.74) is 12.1.